The van der Waals surface area contributed by atoms with Gasteiger partial charge in [0.2, 0.25) is 0 Å². The summed E-state index contributed by atoms with van der Waals surface area (Å²) in [6, 6.07) is 5.58. The van der Waals surface area contributed by atoms with E-state index in [9.17, 15) is 0 Å². The number of nitrogens with zero attached hydrogens (tertiary/aromatic N) is 1. The first-order valence-corrected chi connectivity index (χ1v) is 7.04. The van der Waals surface area contributed by atoms with E-state index in [1.807, 2.05) is 18.2 Å². The van der Waals surface area contributed by atoms with Gasteiger partial charge in [-0.05, 0) is 28.1 Å². The van der Waals surface area contributed by atoms with Crippen molar-refractivity contribution >= 4 is 31.9 Å². The minimum atomic E-state index is 0.630. The molecule has 0 N–H and O–H groups in total. The van der Waals surface area contributed by atoms with Crippen molar-refractivity contribution in [1.82, 2.24) is 5.16 Å². The molecule has 0 aliphatic carbocycles. The molecule has 0 radical (unpaired) electrons. The Hall–Kier alpha value is -1.01. The number of aromatic nitrogens is 1. The maximum atomic E-state index is 5.27. The second kappa shape index (κ2) is 5.75. The third-order valence-electron chi connectivity index (χ3n) is 2.44. The maximum absolute atomic E-state index is 5.27. The van der Waals surface area contributed by atoms with Crippen molar-refractivity contribution in [3.05, 3.63) is 28.4 Å². The Bertz CT molecular complexity index is 554. The highest BCUT2D eigenvalue weighted by molar-refractivity contribution is 9.10. The van der Waals surface area contributed by atoms with Gasteiger partial charge in [0, 0.05) is 16.1 Å². The molecule has 0 aliphatic heterocycles. The van der Waals surface area contributed by atoms with Crippen LogP contribution in [0.15, 0.2) is 27.2 Å². The average Bonchev–Trinajstić information content (AvgIpc) is 2.86. The quantitative estimate of drug-likeness (QED) is 0.756. The first kappa shape index (κ1) is 13.4. The van der Waals surface area contributed by atoms with Crippen LogP contribution in [0.3, 0.4) is 0 Å². The topological polar surface area (TPSA) is 44.5 Å². The molecule has 0 aliphatic rings. The summed E-state index contributed by atoms with van der Waals surface area (Å²) >= 11 is 6.81. The second-order valence-electron chi connectivity index (χ2n) is 3.50. The third-order valence-corrected chi connectivity index (χ3v) is 3.65. The average molecular weight is 377 g/mol. The van der Waals surface area contributed by atoms with Gasteiger partial charge in [0.15, 0.2) is 11.5 Å². The highest BCUT2D eigenvalue weighted by Gasteiger charge is 2.14. The first-order valence-electron chi connectivity index (χ1n) is 5.13. The molecule has 0 amide bonds. The molecule has 1 aromatic carbocycles. The molecule has 0 unspecified atom stereocenters. The summed E-state index contributed by atoms with van der Waals surface area (Å²) in [7, 11) is 3.20. The summed E-state index contributed by atoms with van der Waals surface area (Å²) in [6.45, 7) is 0. The lowest BCUT2D eigenvalue weighted by atomic mass is 10.1. The van der Waals surface area contributed by atoms with E-state index in [-0.39, 0.29) is 0 Å². The summed E-state index contributed by atoms with van der Waals surface area (Å²) in [4.78, 5) is 0. The lowest BCUT2D eigenvalue weighted by Gasteiger charge is -2.10. The van der Waals surface area contributed by atoms with E-state index < -0.39 is 0 Å². The van der Waals surface area contributed by atoms with Gasteiger partial charge in [0.1, 0.15) is 11.5 Å². The number of methoxy groups -OCH3 is 2. The number of ether oxygens (including phenoxy) is 2. The predicted octanol–water partition coefficient (Wildman–Crippen LogP) is 4.02. The van der Waals surface area contributed by atoms with E-state index in [2.05, 4.69) is 37.0 Å². The van der Waals surface area contributed by atoms with Crippen molar-refractivity contribution in [2.45, 2.75) is 5.33 Å². The van der Waals surface area contributed by atoms with Crippen LogP contribution in [0.1, 0.15) is 5.76 Å². The highest BCUT2D eigenvalue weighted by Crippen LogP contribution is 2.38. The van der Waals surface area contributed by atoms with Crippen molar-refractivity contribution in [1.29, 1.82) is 0 Å². The zero-order valence-electron chi connectivity index (χ0n) is 9.87. The molecule has 18 heavy (non-hydrogen) atoms. The van der Waals surface area contributed by atoms with Crippen LogP contribution in [0, 0.1) is 0 Å². The molecular weight excluding hydrogens is 366 g/mol. The van der Waals surface area contributed by atoms with Gasteiger partial charge in [-0.25, -0.2) is 0 Å². The van der Waals surface area contributed by atoms with Crippen LogP contribution in [0.2, 0.25) is 0 Å². The number of halogens is 2. The SMILES string of the molecule is COc1cc(Br)c(-c2cc(CBr)on2)cc1OC. The number of benzene rings is 1. The van der Waals surface area contributed by atoms with E-state index in [0.717, 1.165) is 21.5 Å². The van der Waals surface area contributed by atoms with Gasteiger partial charge in [-0.2, -0.15) is 0 Å². The number of hydrogen-bond donors (Lipinski definition) is 0. The fraction of sp³-hybridized carbons (Fsp3) is 0.250. The van der Waals surface area contributed by atoms with Gasteiger partial charge in [0.25, 0.3) is 0 Å². The normalized spacial score (nSPS) is 10.4. The summed E-state index contributed by atoms with van der Waals surface area (Å²) in [5, 5.41) is 4.65. The molecule has 2 aromatic rings. The Balaban J connectivity index is 2.50. The standard InChI is InChI=1S/C12H11Br2NO3/c1-16-11-4-8(9(14)5-12(11)17-2)10-3-7(6-13)18-15-10/h3-5H,6H2,1-2H3. The van der Waals surface area contributed by atoms with Crippen LogP contribution in [0.25, 0.3) is 11.3 Å². The zero-order valence-corrected chi connectivity index (χ0v) is 13.0. The Labute approximate surface area is 122 Å². The van der Waals surface area contributed by atoms with Crippen molar-refractivity contribution in [2.24, 2.45) is 0 Å². The summed E-state index contributed by atoms with van der Waals surface area (Å²) in [6.07, 6.45) is 0. The van der Waals surface area contributed by atoms with E-state index in [1.165, 1.54) is 0 Å². The lowest BCUT2D eigenvalue weighted by Crippen LogP contribution is -1.92. The molecule has 96 valence electrons. The number of alkyl halides is 1. The van der Waals surface area contributed by atoms with Crippen LogP contribution in [0.4, 0.5) is 0 Å². The molecule has 0 fully saturated rings. The van der Waals surface area contributed by atoms with Crippen molar-refractivity contribution in [3.63, 3.8) is 0 Å². The Morgan fingerprint density at radius 3 is 2.39 bits per heavy atom. The molecule has 0 saturated carbocycles. The monoisotopic (exact) mass is 375 g/mol. The third kappa shape index (κ3) is 2.54. The zero-order chi connectivity index (χ0) is 13.1. The molecule has 2 rings (SSSR count). The Kier molecular flexibility index (Phi) is 4.29. The van der Waals surface area contributed by atoms with Gasteiger partial charge in [0.05, 0.1) is 19.5 Å². The molecule has 4 nitrogen and oxygen atoms in total. The van der Waals surface area contributed by atoms with E-state index in [0.29, 0.717) is 16.8 Å². The molecule has 0 atom stereocenters. The summed E-state index contributed by atoms with van der Waals surface area (Å²) < 4.78 is 16.5. The Morgan fingerprint density at radius 1 is 1.17 bits per heavy atom. The number of hydrogen-bond acceptors (Lipinski definition) is 4. The van der Waals surface area contributed by atoms with Gasteiger partial charge in [-0.1, -0.05) is 21.1 Å². The smallest absolute Gasteiger partial charge is 0.161 e. The van der Waals surface area contributed by atoms with Crippen LogP contribution >= 0.6 is 31.9 Å². The van der Waals surface area contributed by atoms with Crippen molar-refractivity contribution in [3.8, 4) is 22.8 Å². The van der Waals surface area contributed by atoms with Gasteiger partial charge >= 0.3 is 0 Å². The summed E-state index contributed by atoms with van der Waals surface area (Å²) in [5.41, 5.74) is 1.64. The molecule has 1 heterocycles. The molecule has 0 bridgehead atoms. The Morgan fingerprint density at radius 2 is 1.83 bits per heavy atom. The molecule has 0 spiro atoms. The minimum Gasteiger partial charge on any atom is -0.493 e. The first-order chi connectivity index (χ1) is 8.69. The maximum Gasteiger partial charge on any atom is 0.161 e. The fourth-order valence-corrected chi connectivity index (χ4v) is 2.34. The van der Waals surface area contributed by atoms with Crippen LogP contribution < -0.4 is 9.47 Å². The largest absolute Gasteiger partial charge is 0.493 e. The van der Waals surface area contributed by atoms with E-state index in [1.54, 1.807) is 14.2 Å². The van der Waals surface area contributed by atoms with E-state index >= 15 is 0 Å². The predicted molar refractivity (Wildman–Crippen MR) is 75.4 cm³/mol. The minimum absolute atomic E-state index is 0.630. The van der Waals surface area contributed by atoms with Gasteiger partial charge < -0.3 is 14.0 Å². The molecule has 1 aromatic heterocycles. The highest BCUT2D eigenvalue weighted by atomic mass is 79.9. The van der Waals surface area contributed by atoms with Gasteiger partial charge in [-0.15, -0.1) is 0 Å². The second-order valence-corrected chi connectivity index (χ2v) is 4.91. The van der Waals surface area contributed by atoms with Crippen LogP contribution in [-0.4, -0.2) is 19.4 Å². The van der Waals surface area contributed by atoms with Crippen LogP contribution in [0.5, 0.6) is 11.5 Å². The fourth-order valence-electron chi connectivity index (χ4n) is 1.55. The van der Waals surface area contributed by atoms with Crippen molar-refractivity contribution in [2.75, 3.05) is 14.2 Å². The van der Waals surface area contributed by atoms with Gasteiger partial charge in [-0.3, -0.25) is 0 Å². The lowest BCUT2D eigenvalue weighted by molar-refractivity contribution is 0.355. The molecule has 6 heteroatoms. The molecule has 0 saturated heterocycles. The van der Waals surface area contributed by atoms with E-state index in [4.69, 9.17) is 14.0 Å². The molecular formula is C12H11Br2NO3. The van der Waals surface area contributed by atoms with Crippen LogP contribution in [-0.2, 0) is 5.33 Å². The summed E-state index contributed by atoms with van der Waals surface area (Å²) in [5.74, 6) is 2.09. The number of rotatable bonds is 4. The van der Waals surface area contributed by atoms with Crippen molar-refractivity contribution < 1.29 is 14.0 Å².